The molecule has 0 fully saturated rings. The summed E-state index contributed by atoms with van der Waals surface area (Å²) >= 11 is 0. The molecule has 0 saturated heterocycles. The van der Waals surface area contributed by atoms with Crippen LogP contribution in [0.1, 0.15) is 24.2 Å². The van der Waals surface area contributed by atoms with Crippen LogP contribution in [0, 0.1) is 11.6 Å². The van der Waals surface area contributed by atoms with Gasteiger partial charge in [0.1, 0.15) is 17.4 Å². The molecule has 2 aromatic rings. The van der Waals surface area contributed by atoms with E-state index in [1.54, 1.807) is 38.3 Å². The van der Waals surface area contributed by atoms with Gasteiger partial charge in [0, 0.05) is 24.3 Å². The minimum Gasteiger partial charge on any atom is -0.497 e. The van der Waals surface area contributed by atoms with Crippen LogP contribution in [-0.4, -0.2) is 24.7 Å². The second-order valence-corrected chi connectivity index (χ2v) is 5.49. The molecule has 2 N–H and O–H groups in total. The number of nitrogens with one attached hydrogen (secondary N) is 1. The molecule has 1 unspecified atom stereocenters. The molecule has 0 radical (unpaired) electrons. The summed E-state index contributed by atoms with van der Waals surface area (Å²) in [6.07, 6.45) is 0.322. The zero-order valence-corrected chi connectivity index (χ0v) is 13.9. The van der Waals surface area contributed by atoms with Gasteiger partial charge in [-0.05, 0) is 42.3 Å². The van der Waals surface area contributed by atoms with E-state index in [0.717, 1.165) is 12.1 Å². The summed E-state index contributed by atoms with van der Waals surface area (Å²) in [5, 5.41) is 12.6. The first kappa shape index (κ1) is 18.6. The third kappa shape index (κ3) is 5.12. The van der Waals surface area contributed by atoms with E-state index in [2.05, 4.69) is 5.32 Å². The Labute approximate surface area is 144 Å². The largest absolute Gasteiger partial charge is 0.497 e. The summed E-state index contributed by atoms with van der Waals surface area (Å²) in [5.41, 5.74) is 1.13. The maximum atomic E-state index is 13.7. The minimum absolute atomic E-state index is 0.000835. The molecule has 0 aliphatic rings. The number of halogens is 2. The van der Waals surface area contributed by atoms with Crippen molar-refractivity contribution < 1.29 is 23.4 Å². The molecule has 25 heavy (non-hydrogen) atoms. The van der Waals surface area contributed by atoms with Gasteiger partial charge in [0.15, 0.2) is 0 Å². The maximum absolute atomic E-state index is 13.7. The molecule has 0 bridgehead atoms. The van der Waals surface area contributed by atoms with Crippen LogP contribution in [0.25, 0.3) is 5.57 Å². The van der Waals surface area contributed by atoms with Crippen LogP contribution in [0.3, 0.4) is 0 Å². The summed E-state index contributed by atoms with van der Waals surface area (Å²) in [4.78, 5) is 11.9. The standard InChI is InChI=1S/C19H19F2NO3/c1-12(16-8-5-14(20)10-17(16)21)9-19(24)22-11-18(23)13-3-6-15(25-2)7-4-13/h3-10,18,23H,11H2,1-2H3,(H,22,24)/b12-9-. The highest BCUT2D eigenvalue weighted by Crippen LogP contribution is 2.19. The van der Waals surface area contributed by atoms with Crippen molar-refractivity contribution in [3.8, 4) is 5.75 Å². The van der Waals surface area contributed by atoms with Crippen molar-refractivity contribution in [2.24, 2.45) is 0 Å². The molecule has 6 heteroatoms. The number of amides is 1. The Morgan fingerprint density at radius 2 is 1.92 bits per heavy atom. The molecule has 132 valence electrons. The van der Waals surface area contributed by atoms with Gasteiger partial charge in [-0.25, -0.2) is 8.78 Å². The predicted octanol–water partition coefficient (Wildman–Crippen LogP) is 3.23. The SMILES string of the molecule is COc1ccc(C(O)CNC(=O)/C=C(/C)c2ccc(F)cc2F)cc1. The van der Waals surface area contributed by atoms with E-state index in [4.69, 9.17) is 4.74 Å². The predicted molar refractivity (Wildman–Crippen MR) is 91.0 cm³/mol. The van der Waals surface area contributed by atoms with Crippen LogP contribution in [0.5, 0.6) is 5.75 Å². The molecule has 0 heterocycles. The van der Waals surface area contributed by atoms with Crippen molar-refractivity contribution in [2.45, 2.75) is 13.0 Å². The number of aliphatic hydroxyl groups excluding tert-OH is 1. The third-order valence-corrected chi connectivity index (χ3v) is 3.67. The van der Waals surface area contributed by atoms with E-state index in [0.29, 0.717) is 16.9 Å². The minimum atomic E-state index is -0.883. The number of methoxy groups -OCH3 is 1. The Hall–Kier alpha value is -2.73. The Bertz CT molecular complexity index is 773. The Kier molecular flexibility index (Phi) is 6.25. The number of rotatable bonds is 6. The lowest BCUT2D eigenvalue weighted by molar-refractivity contribution is -0.116. The molecule has 4 nitrogen and oxygen atoms in total. The summed E-state index contributed by atoms with van der Waals surface area (Å²) in [6, 6.07) is 9.98. The van der Waals surface area contributed by atoms with Crippen molar-refractivity contribution in [3.63, 3.8) is 0 Å². The smallest absolute Gasteiger partial charge is 0.244 e. The number of carbonyl (C=O) groups excluding carboxylic acids is 1. The molecular weight excluding hydrogens is 328 g/mol. The summed E-state index contributed by atoms with van der Waals surface area (Å²) in [7, 11) is 1.55. The molecule has 1 atom stereocenters. The van der Waals surface area contributed by atoms with Crippen LogP contribution in [0.2, 0.25) is 0 Å². The molecule has 2 aromatic carbocycles. The van der Waals surface area contributed by atoms with Crippen molar-refractivity contribution in [1.82, 2.24) is 5.32 Å². The van der Waals surface area contributed by atoms with Gasteiger partial charge in [-0.3, -0.25) is 4.79 Å². The van der Waals surface area contributed by atoms with Gasteiger partial charge in [-0.1, -0.05) is 12.1 Å². The van der Waals surface area contributed by atoms with Gasteiger partial charge in [0.25, 0.3) is 0 Å². The molecule has 0 spiro atoms. The number of hydrogen-bond donors (Lipinski definition) is 2. The van der Waals surface area contributed by atoms with E-state index in [1.807, 2.05) is 0 Å². The van der Waals surface area contributed by atoms with Crippen LogP contribution in [-0.2, 0) is 4.79 Å². The Morgan fingerprint density at radius 1 is 1.24 bits per heavy atom. The van der Waals surface area contributed by atoms with E-state index in [1.165, 1.54) is 12.1 Å². The first-order chi connectivity index (χ1) is 11.9. The summed E-state index contributed by atoms with van der Waals surface area (Å²) in [5.74, 6) is -1.23. The average Bonchev–Trinajstić information content (AvgIpc) is 2.59. The van der Waals surface area contributed by atoms with Crippen LogP contribution in [0.4, 0.5) is 8.78 Å². The van der Waals surface area contributed by atoms with Crippen LogP contribution >= 0.6 is 0 Å². The van der Waals surface area contributed by atoms with Crippen LogP contribution < -0.4 is 10.1 Å². The molecular formula is C19H19F2NO3. The average molecular weight is 347 g/mol. The highest BCUT2D eigenvalue weighted by atomic mass is 19.1. The summed E-state index contributed by atoms with van der Waals surface area (Å²) < 4.78 is 31.6. The number of allylic oxidation sites excluding steroid dienone is 1. The van der Waals surface area contributed by atoms with Gasteiger partial charge in [0.05, 0.1) is 13.2 Å². The monoisotopic (exact) mass is 347 g/mol. The van der Waals surface area contributed by atoms with E-state index < -0.39 is 23.6 Å². The zero-order valence-electron chi connectivity index (χ0n) is 13.9. The molecule has 0 aromatic heterocycles. The van der Waals surface area contributed by atoms with E-state index in [-0.39, 0.29) is 12.1 Å². The number of carbonyl (C=O) groups is 1. The van der Waals surface area contributed by atoms with Crippen molar-refractivity contribution in [2.75, 3.05) is 13.7 Å². The summed E-state index contributed by atoms with van der Waals surface area (Å²) in [6.45, 7) is 1.55. The fraction of sp³-hybridized carbons (Fsp3) is 0.211. The Balaban J connectivity index is 1.96. The van der Waals surface area contributed by atoms with Crippen LogP contribution in [0.15, 0.2) is 48.5 Å². The lowest BCUT2D eigenvalue weighted by Gasteiger charge is -2.12. The lowest BCUT2D eigenvalue weighted by atomic mass is 10.1. The molecule has 0 aliphatic carbocycles. The Morgan fingerprint density at radius 3 is 2.52 bits per heavy atom. The van der Waals surface area contributed by atoms with Crippen molar-refractivity contribution in [3.05, 3.63) is 71.3 Å². The number of benzene rings is 2. The number of hydrogen-bond acceptors (Lipinski definition) is 3. The maximum Gasteiger partial charge on any atom is 0.244 e. The fourth-order valence-corrected chi connectivity index (χ4v) is 2.28. The molecule has 0 aliphatic heterocycles. The number of aliphatic hydroxyl groups is 1. The molecule has 1 amide bonds. The van der Waals surface area contributed by atoms with Crippen molar-refractivity contribution >= 4 is 11.5 Å². The zero-order chi connectivity index (χ0) is 18.4. The second kappa shape index (κ2) is 8.39. The van der Waals surface area contributed by atoms with E-state index >= 15 is 0 Å². The molecule has 0 saturated carbocycles. The van der Waals surface area contributed by atoms with Gasteiger partial charge >= 0.3 is 0 Å². The first-order valence-electron chi connectivity index (χ1n) is 7.64. The lowest BCUT2D eigenvalue weighted by Crippen LogP contribution is -2.26. The van der Waals surface area contributed by atoms with Gasteiger partial charge in [-0.2, -0.15) is 0 Å². The topological polar surface area (TPSA) is 58.6 Å². The van der Waals surface area contributed by atoms with Gasteiger partial charge in [-0.15, -0.1) is 0 Å². The highest BCUT2D eigenvalue weighted by molar-refractivity contribution is 5.94. The quantitative estimate of drug-likeness (QED) is 0.789. The fourth-order valence-electron chi connectivity index (χ4n) is 2.28. The van der Waals surface area contributed by atoms with Gasteiger partial charge in [0.2, 0.25) is 5.91 Å². The van der Waals surface area contributed by atoms with Gasteiger partial charge < -0.3 is 15.2 Å². The third-order valence-electron chi connectivity index (χ3n) is 3.67. The molecule has 2 rings (SSSR count). The van der Waals surface area contributed by atoms with Crippen molar-refractivity contribution in [1.29, 1.82) is 0 Å². The first-order valence-corrected chi connectivity index (χ1v) is 7.64. The normalized spacial score (nSPS) is 12.6. The van der Waals surface area contributed by atoms with E-state index in [9.17, 15) is 18.7 Å². The number of ether oxygens (including phenoxy) is 1. The highest BCUT2D eigenvalue weighted by Gasteiger charge is 2.10. The second-order valence-electron chi connectivity index (χ2n) is 5.49.